The molecule has 2 bridgehead atoms. The Hall–Kier alpha value is -1.64. The van der Waals surface area contributed by atoms with Crippen LogP contribution in [0.4, 0.5) is 4.39 Å². The minimum absolute atomic E-state index is 0.167. The van der Waals surface area contributed by atoms with E-state index in [2.05, 4.69) is 13.0 Å². The highest BCUT2D eigenvalue weighted by Crippen LogP contribution is 2.63. The number of benzene rings is 1. The summed E-state index contributed by atoms with van der Waals surface area (Å²) in [7, 11) is 0. The number of halogens is 1. The molecule has 3 aliphatic carbocycles. The minimum Gasteiger partial charge on any atom is -0.333 e. The van der Waals surface area contributed by atoms with Crippen LogP contribution < -0.4 is 0 Å². The van der Waals surface area contributed by atoms with Gasteiger partial charge in [0, 0.05) is 18.7 Å². The summed E-state index contributed by atoms with van der Waals surface area (Å²) in [6.07, 6.45) is 6.68. The van der Waals surface area contributed by atoms with Crippen LogP contribution in [0.2, 0.25) is 0 Å². The zero-order valence-corrected chi connectivity index (χ0v) is 13.5. The van der Waals surface area contributed by atoms with Crippen LogP contribution in [-0.2, 0) is 17.9 Å². The fourth-order valence-corrected chi connectivity index (χ4v) is 5.78. The zero-order valence-electron chi connectivity index (χ0n) is 13.5. The summed E-state index contributed by atoms with van der Waals surface area (Å²) in [5.74, 6) is 1.98. The average molecular weight is 311 g/mol. The number of hydrogen-bond donors (Lipinski definition) is 0. The first-order chi connectivity index (χ1) is 11.1. The number of allylic oxidation sites excluding steroid dienone is 2. The molecule has 120 valence electrons. The molecule has 4 unspecified atom stereocenters. The van der Waals surface area contributed by atoms with E-state index in [1.807, 2.05) is 11.0 Å². The molecule has 0 aromatic heterocycles. The molecule has 1 aromatic carbocycles. The largest absolute Gasteiger partial charge is 0.333 e. The molecule has 0 N–H and O–H groups in total. The Morgan fingerprint density at radius 2 is 2.13 bits per heavy atom. The lowest BCUT2D eigenvalue weighted by molar-refractivity contribution is -0.143. The van der Waals surface area contributed by atoms with Crippen molar-refractivity contribution >= 4 is 5.91 Å². The molecule has 2 nitrogen and oxygen atoms in total. The predicted octanol–water partition coefficient (Wildman–Crippen LogP) is 4.05. The molecule has 0 saturated heterocycles. The van der Waals surface area contributed by atoms with Crippen LogP contribution in [0.5, 0.6) is 0 Å². The summed E-state index contributed by atoms with van der Waals surface area (Å²) in [6, 6.07) is 5.21. The van der Waals surface area contributed by atoms with Crippen LogP contribution in [0.15, 0.2) is 29.8 Å². The Morgan fingerprint density at radius 3 is 2.96 bits per heavy atom. The van der Waals surface area contributed by atoms with Gasteiger partial charge in [-0.05, 0) is 55.1 Å². The van der Waals surface area contributed by atoms with Gasteiger partial charge in [0.15, 0.2) is 0 Å². The highest BCUT2D eigenvalue weighted by molar-refractivity contribution is 5.84. The quantitative estimate of drug-likeness (QED) is 0.717. The molecule has 4 atom stereocenters. The molecular formula is C20H22FNO. The zero-order chi connectivity index (χ0) is 15.8. The first-order valence-electron chi connectivity index (χ1n) is 8.82. The fourth-order valence-electron chi connectivity index (χ4n) is 5.78. The number of fused-ring (bicyclic) bond motifs is 2. The number of hydrogen-bond acceptors (Lipinski definition) is 1. The monoisotopic (exact) mass is 311 g/mol. The second-order valence-electron chi connectivity index (χ2n) is 8.22. The fraction of sp³-hybridized carbons (Fsp3) is 0.550. The summed E-state index contributed by atoms with van der Waals surface area (Å²) in [5, 5.41) is 0. The standard InChI is InChI=1S/C20H22FNO/c1-12-5-14-6-15-8-20(7-12,9-16(14)15)19(23)22-10-13-3-2-4-18(21)17(13)11-22/h2-5,12,15-16H,6-11H2,1H3. The Balaban J connectivity index is 1.45. The van der Waals surface area contributed by atoms with Gasteiger partial charge in [-0.25, -0.2) is 4.39 Å². The van der Waals surface area contributed by atoms with E-state index in [4.69, 9.17) is 0 Å². The summed E-state index contributed by atoms with van der Waals surface area (Å²) >= 11 is 0. The lowest BCUT2D eigenvalue weighted by atomic mass is 9.69. The van der Waals surface area contributed by atoms with Crippen LogP contribution in [0.25, 0.3) is 0 Å². The van der Waals surface area contributed by atoms with Crippen LogP contribution in [-0.4, -0.2) is 10.8 Å². The molecule has 0 spiro atoms. The maximum atomic E-state index is 14.0. The molecule has 5 rings (SSSR count). The molecule has 23 heavy (non-hydrogen) atoms. The topological polar surface area (TPSA) is 20.3 Å². The lowest BCUT2D eigenvalue weighted by Gasteiger charge is -2.37. The van der Waals surface area contributed by atoms with E-state index < -0.39 is 0 Å². The highest BCUT2D eigenvalue weighted by Gasteiger charge is 2.58. The molecule has 1 heterocycles. The number of carbonyl (C=O) groups is 1. The van der Waals surface area contributed by atoms with Crippen molar-refractivity contribution in [3.63, 3.8) is 0 Å². The molecular weight excluding hydrogens is 289 g/mol. The van der Waals surface area contributed by atoms with Crippen molar-refractivity contribution in [1.29, 1.82) is 0 Å². The Morgan fingerprint density at radius 1 is 1.26 bits per heavy atom. The highest BCUT2D eigenvalue weighted by atomic mass is 19.1. The third-order valence-electron chi connectivity index (χ3n) is 6.69. The van der Waals surface area contributed by atoms with E-state index in [1.165, 1.54) is 12.5 Å². The van der Waals surface area contributed by atoms with Crippen molar-refractivity contribution in [1.82, 2.24) is 4.90 Å². The number of rotatable bonds is 1. The smallest absolute Gasteiger partial charge is 0.229 e. The van der Waals surface area contributed by atoms with Crippen LogP contribution in [0.3, 0.4) is 0 Å². The molecule has 1 aliphatic heterocycles. The molecule has 3 heteroatoms. The average Bonchev–Trinajstić information content (AvgIpc) is 3.02. The van der Waals surface area contributed by atoms with Gasteiger partial charge in [-0.1, -0.05) is 30.7 Å². The van der Waals surface area contributed by atoms with E-state index in [0.29, 0.717) is 24.9 Å². The summed E-state index contributed by atoms with van der Waals surface area (Å²) in [5.41, 5.74) is 3.11. The van der Waals surface area contributed by atoms with Crippen molar-refractivity contribution in [3.05, 3.63) is 46.8 Å². The second kappa shape index (κ2) is 4.46. The number of carbonyl (C=O) groups excluding carboxylic acids is 1. The van der Waals surface area contributed by atoms with E-state index in [0.717, 1.165) is 36.3 Å². The van der Waals surface area contributed by atoms with Crippen molar-refractivity contribution in [2.24, 2.45) is 23.2 Å². The van der Waals surface area contributed by atoms with E-state index >= 15 is 0 Å². The molecule has 1 amide bonds. The molecule has 1 aromatic rings. The van der Waals surface area contributed by atoms with Crippen LogP contribution in [0.1, 0.15) is 43.7 Å². The minimum atomic E-state index is -0.192. The van der Waals surface area contributed by atoms with Gasteiger partial charge in [0.25, 0.3) is 0 Å². The number of amides is 1. The van der Waals surface area contributed by atoms with Gasteiger partial charge in [0.2, 0.25) is 5.91 Å². The summed E-state index contributed by atoms with van der Waals surface area (Å²) in [6.45, 7) is 3.28. The third kappa shape index (κ3) is 1.82. The van der Waals surface area contributed by atoms with Gasteiger partial charge in [0.05, 0.1) is 5.41 Å². The Bertz CT molecular complexity index is 739. The van der Waals surface area contributed by atoms with Gasteiger partial charge in [-0.3, -0.25) is 4.79 Å². The molecule has 2 fully saturated rings. The van der Waals surface area contributed by atoms with E-state index in [-0.39, 0.29) is 17.1 Å². The van der Waals surface area contributed by atoms with Crippen LogP contribution >= 0.6 is 0 Å². The van der Waals surface area contributed by atoms with Crippen molar-refractivity contribution in [3.8, 4) is 0 Å². The first kappa shape index (κ1) is 13.8. The summed E-state index contributed by atoms with van der Waals surface area (Å²) < 4.78 is 14.0. The molecule has 4 aliphatic rings. The normalized spacial score (nSPS) is 37.0. The van der Waals surface area contributed by atoms with E-state index in [1.54, 1.807) is 11.6 Å². The second-order valence-corrected chi connectivity index (χ2v) is 8.22. The van der Waals surface area contributed by atoms with Crippen molar-refractivity contribution in [2.75, 3.05) is 0 Å². The predicted molar refractivity (Wildman–Crippen MR) is 85.8 cm³/mol. The molecule has 0 radical (unpaired) electrons. The lowest BCUT2D eigenvalue weighted by Crippen LogP contribution is -2.41. The van der Waals surface area contributed by atoms with Crippen LogP contribution in [0, 0.1) is 29.0 Å². The number of nitrogens with zero attached hydrogens (tertiary/aromatic N) is 1. The molecule has 2 saturated carbocycles. The third-order valence-corrected chi connectivity index (χ3v) is 6.69. The van der Waals surface area contributed by atoms with Gasteiger partial charge in [-0.15, -0.1) is 0 Å². The van der Waals surface area contributed by atoms with Gasteiger partial charge < -0.3 is 4.90 Å². The first-order valence-corrected chi connectivity index (χ1v) is 8.82. The Kier molecular flexibility index (Phi) is 2.67. The Labute approximate surface area is 136 Å². The van der Waals surface area contributed by atoms with E-state index in [9.17, 15) is 9.18 Å². The van der Waals surface area contributed by atoms with Crippen molar-refractivity contribution < 1.29 is 9.18 Å². The van der Waals surface area contributed by atoms with Gasteiger partial charge in [-0.2, -0.15) is 0 Å². The maximum Gasteiger partial charge on any atom is 0.229 e. The maximum absolute atomic E-state index is 14.0. The van der Waals surface area contributed by atoms with Gasteiger partial charge in [0.1, 0.15) is 5.82 Å². The van der Waals surface area contributed by atoms with Gasteiger partial charge >= 0.3 is 0 Å². The summed E-state index contributed by atoms with van der Waals surface area (Å²) in [4.78, 5) is 15.3. The SMILES string of the molecule is CC1C=C2CC3CC(C(=O)N4Cc5cccc(F)c5C4)(C1)CC23. The van der Waals surface area contributed by atoms with Crippen molar-refractivity contribution in [2.45, 2.75) is 45.7 Å².